The second-order valence-corrected chi connectivity index (χ2v) is 2.82. The Hall–Kier alpha value is -2.11. The SMILES string of the molecule is CC(=O)Nc1cc(C=O)c(O)c(O)c1F. The molecule has 1 rings (SSSR count). The molecule has 0 aliphatic heterocycles. The van der Waals surface area contributed by atoms with Gasteiger partial charge in [-0.25, -0.2) is 4.39 Å². The van der Waals surface area contributed by atoms with Gasteiger partial charge in [0, 0.05) is 6.92 Å². The van der Waals surface area contributed by atoms with Gasteiger partial charge in [0.2, 0.25) is 5.91 Å². The van der Waals surface area contributed by atoms with Gasteiger partial charge in [0.1, 0.15) is 0 Å². The van der Waals surface area contributed by atoms with Crippen LogP contribution in [0.1, 0.15) is 17.3 Å². The van der Waals surface area contributed by atoms with Gasteiger partial charge < -0.3 is 15.5 Å². The lowest BCUT2D eigenvalue weighted by Gasteiger charge is -2.08. The van der Waals surface area contributed by atoms with E-state index < -0.39 is 23.2 Å². The number of nitrogens with one attached hydrogen (secondary N) is 1. The van der Waals surface area contributed by atoms with Crippen molar-refractivity contribution in [2.45, 2.75) is 6.92 Å². The molecule has 0 atom stereocenters. The average molecular weight is 213 g/mol. The number of phenols is 2. The third-order valence-corrected chi connectivity index (χ3v) is 1.68. The van der Waals surface area contributed by atoms with Gasteiger partial charge in [-0.05, 0) is 6.07 Å². The molecule has 0 radical (unpaired) electrons. The number of amides is 1. The van der Waals surface area contributed by atoms with Gasteiger partial charge in [-0.1, -0.05) is 0 Å². The van der Waals surface area contributed by atoms with E-state index in [9.17, 15) is 14.0 Å². The number of carbonyl (C=O) groups is 2. The summed E-state index contributed by atoms with van der Waals surface area (Å²) < 4.78 is 13.2. The number of rotatable bonds is 2. The number of carbonyl (C=O) groups excluding carboxylic acids is 2. The maximum absolute atomic E-state index is 13.2. The van der Waals surface area contributed by atoms with E-state index in [2.05, 4.69) is 5.32 Å². The number of phenolic OH excluding ortho intramolecular Hbond substituents is 2. The second-order valence-electron chi connectivity index (χ2n) is 2.82. The first-order chi connectivity index (χ1) is 6.97. The van der Waals surface area contributed by atoms with E-state index in [0.29, 0.717) is 0 Å². The van der Waals surface area contributed by atoms with Crippen LogP contribution < -0.4 is 5.32 Å². The number of aromatic hydroxyl groups is 2. The smallest absolute Gasteiger partial charge is 0.221 e. The summed E-state index contributed by atoms with van der Waals surface area (Å²) in [6, 6.07) is 0.929. The molecule has 0 bridgehead atoms. The Morgan fingerprint density at radius 1 is 1.47 bits per heavy atom. The highest BCUT2D eigenvalue weighted by Crippen LogP contribution is 2.35. The van der Waals surface area contributed by atoms with E-state index >= 15 is 0 Å². The van der Waals surface area contributed by atoms with Crippen molar-refractivity contribution in [2.75, 3.05) is 5.32 Å². The molecule has 1 aromatic rings. The molecule has 6 heteroatoms. The maximum atomic E-state index is 13.2. The number of anilines is 1. The van der Waals surface area contributed by atoms with Gasteiger partial charge in [-0.15, -0.1) is 0 Å². The van der Waals surface area contributed by atoms with Gasteiger partial charge in [-0.3, -0.25) is 9.59 Å². The summed E-state index contributed by atoms with van der Waals surface area (Å²) >= 11 is 0. The Kier molecular flexibility index (Phi) is 2.89. The fourth-order valence-electron chi connectivity index (χ4n) is 1.03. The zero-order chi connectivity index (χ0) is 11.6. The van der Waals surface area contributed by atoms with E-state index in [-0.39, 0.29) is 17.5 Å². The number of hydrogen-bond acceptors (Lipinski definition) is 4. The second kappa shape index (κ2) is 3.95. The maximum Gasteiger partial charge on any atom is 0.221 e. The first-order valence-corrected chi connectivity index (χ1v) is 3.94. The number of halogens is 1. The van der Waals surface area contributed by atoms with Crippen LogP contribution in [0.15, 0.2) is 6.07 Å². The lowest BCUT2D eigenvalue weighted by molar-refractivity contribution is -0.114. The highest BCUT2D eigenvalue weighted by molar-refractivity contribution is 5.92. The van der Waals surface area contributed by atoms with Gasteiger partial charge in [-0.2, -0.15) is 0 Å². The minimum atomic E-state index is -1.19. The fraction of sp³-hybridized carbons (Fsp3) is 0.111. The van der Waals surface area contributed by atoms with Crippen molar-refractivity contribution in [1.82, 2.24) is 0 Å². The summed E-state index contributed by atoms with van der Waals surface area (Å²) in [5.74, 6) is -3.66. The van der Waals surface area contributed by atoms with Crippen LogP contribution in [0.5, 0.6) is 11.5 Å². The molecule has 0 fully saturated rings. The topological polar surface area (TPSA) is 86.6 Å². The van der Waals surface area contributed by atoms with E-state index in [1.165, 1.54) is 0 Å². The third kappa shape index (κ3) is 2.04. The summed E-state index contributed by atoms with van der Waals surface area (Å²) in [5.41, 5.74) is -0.669. The molecule has 5 nitrogen and oxygen atoms in total. The summed E-state index contributed by atoms with van der Waals surface area (Å²) in [6.45, 7) is 1.14. The molecule has 0 aromatic heterocycles. The minimum absolute atomic E-state index is 0.236. The highest BCUT2D eigenvalue weighted by Gasteiger charge is 2.17. The van der Waals surface area contributed by atoms with Crippen molar-refractivity contribution in [3.63, 3.8) is 0 Å². The molecule has 0 unspecified atom stereocenters. The van der Waals surface area contributed by atoms with E-state index in [1.54, 1.807) is 0 Å². The summed E-state index contributed by atoms with van der Waals surface area (Å²) in [5, 5.41) is 20.3. The van der Waals surface area contributed by atoms with Crippen LogP contribution in [0, 0.1) is 5.82 Å². The van der Waals surface area contributed by atoms with Crippen molar-refractivity contribution < 1.29 is 24.2 Å². The van der Waals surface area contributed by atoms with Crippen molar-refractivity contribution in [1.29, 1.82) is 0 Å². The molecule has 1 amide bonds. The van der Waals surface area contributed by atoms with Crippen LogP contribution in [0.3, 0.4) is 0 Å². The first-order valence-electron chi connectivity index (χ1n) is 3.94. The molecule has 0 aliphatic carbocycles. The van der Waals surface area contributed by atoms with Crippen molar-refractivity contribution in [3.05, 3.63) is 17.4 Å². The Labute approximate surface area is 84.2 Å². The van der Waals surface area contributed by atoms with Gasteiger partial charge in [0.25, 0.3) is 0 Å². The van der Waals surface area contributed by atoms with E-state index in [4.69, 9.17) is 10.2 Å². The molecule has 15 heavy (non-hydrogen) atoms. The van der Waals surface area contributed by atoms with Gasteiger partial charge in [0.15, 0.2) is 23.6 Å². The third-order valence-electron chi connectivity index (χ3n) is 1.68. The number of benzene rings is 1. The molecule has 0 saturated carbocycles. The van der Waals surface area contributed by atoms with Crippen LogP contribution in [-0.2, 0) is 4.79 Å². The lowest BCUT2D eigenvalue weighted by Crippen LogP contribution is -2.08. The zero-order valence-corrected chi connectivity index (χ0v) is 7.74. The predicted octanol–water partition coefficient (Wildman–Crippen LogP) is 1.01. The Bertz CT molecular complexity index is 431. The van der Waals surface area contributed by atoms with Crippen LogP contribution in [0.25, 0.3) is 0 Å². The molecule has 0 spiro atoms. The Morgan fingerprint density at radius 3 is 2.53 bits per heavy atom. The summed E-state index contributed by atoms with van der Waals surface area (Å²) in [4.78, 5) is 21.1. The van der Waals surface area contributed by atoms with E-state index in [0.717, 1.165) is 13.0 Å². The van der Waals surface area contributed by atoms with Crippen LogP contribution in [0.2, 0.25) is 0 Å². The average Bonchev–Trinajstić information content (AvgIpc) is 2.18. The quantitative estimate of drug-likeness (QED) is 0.388. The molecular weight excluding hydrogens is 205 g/mol. The van der Waals surface area contributed by atoms with Crippen molar-refractivity contribution in [3.8, 4) is 11.5 Å². The largest absolute Gasteiger partial charge is 0.504 e. The predicted molar refractivity (Wildman–Crippen MR) is 49.4 cm³/mol. The van der Waals surface area contributed by atoms with Crippen molar-refractivity contribution in [2.24, 2.45) is 0 Å². The Balaban J connectivity index is 3.34. The number of hydrogen-bond donors (Lipinski definition) is 3. The van der Waals surface area contributed by atoms with Gasteiger partial charge >= 0.3 is 0 Å². The fourth-order valence-corrected chi connectivity index (χ4v) is 1.03. The molecule has 0 saturated heterocycles. The van der Waals surface area contributed by atoms with Crippen molar-refractivity contribution >= 4 is 17.9 Å². The highest BCUT2D eigenvalue weighted by atomic mass is 19.1. The monoisotopic (exact) mass is 213 g/mol. The normalized spacial score (nSPS) is 9.73. The number of aldehydes is 1. The lowest BCUT2D eigenvalue weighted by atomic mass is 10.1. The minimum Gasteiger partial charge on any atom is -0.504 e. The molecular formula is C9H8FNO4. The van der Waals surface area contributed by atoms with Crippen LogP contribution >= 0.6 is 0 Å². The van der Waals surface area contributed by atoms with E-state index in [1.807, 2.05) is 0 Å². The Morgan fingerprint density at radius 2 is 2.07 bits per heavy atom. The molecule has 0 heterocycles. The molecule has 0 aliphatic rings. The molecule has 80 valence electrons. The standard InChI is InChI=1S/C9H8FNO4/c1-4(13)11-6-2-5(3-12)8(14)9(15)7(6)10/h2-3,14-15H,1H3,(H,11,13). The first kappa shape index (κ1) is 11.0. The van der Waals surface area contributed by atoms with Crippen LogP contribution in [-0.4, -0.2) is 22.4 Å². The molecule has 3 N–H and O–H groups in total. The summed E-state index contributed by atoms with van der Waals surface area (Å²) in [6.07, 6.45) is 0.236. The van der Waals surface area contributed by atoms with Gasteiger partial charge in [0.05, 0.1) is 11.3 Å². The summed E-state index contributed by atoms with van der Waals surface area (Å²) in [7, 11) is 0. The zero-order valence-electron chi connectivity index (χ0n) is 7.74. The van der Waals surface area contributed by atoms with Crippen LogP contribution in [0.4, 0.5) is 10.1 Å². The molecule has 1 aromatic carbocycles.